The molecule has 0 aliphatic rings. The summed E-state index contributed by atoms with van der Waals surface area (Å²) in [7, 11) is -3.41. The molecule has 0 unspecified atom stereocenters. The van der Waals surface area contributed by atoms with Gasteiger partial charge >= 0.3 is 0 Å². The number of pyridine rings is 1. The highest BCUT2D eigenvalue weighted by atomic mass is 35.5. The van der Waals surface area contributed by atoms with Gasteiger partial charge in [-0.2, -0.15) is 0 Å². The van der Waals surface area contributed by atoms with Crippen LogP contribution in [0.4, 0.5) is 4.39 Å². The molecule has 0 spiro atoms. The van der Waals surface area contributed by atoms with Gasteiger partial charge in [0, 0.05) is 57.9 Å². The van der Waals surface area contributed by atoms with Gasteiger partial charge in [0.1, 0.15) is 5.83 Å². The highest BCUT2D eigenvalue weighted by molar-refractivity contribution is 7.90. The van der Waals surface area contributed by atoms with E-state index in [0.717, 1.165) is 28.4 Å². The van der Waals surface area contributed by atoms with Crippen molar-refractivity contribution in [2.75, 3.05) is 12.8 Å². The molecule has 0 bridgehead atoms. The number of hydrogen-bond donors (Lipinski definition) is 1. The highest BCUT2D eigenvalue weighted by Gasteiger charge is 2.19. The zero-order chi connectivity index (χ0) is 19.8. The Morgan fingerprint density at radius 3 is 2.74 bits per heavy atom. The molecule has 142 valence electrons. The normalized spacial score (nSPS) is 12.7. The van der Waals surface area contributed by atoms with Crippen LogP contribution in [0.2, 0.25) is 5.02 Å². The van der Waals surface area contributed by atoms with Crippen molar-refractivity contribution in [2.45, 2.75) is 18.4 Å². The van der Waals surface area contributed by atoms with Crippen LogP contribution in [0.15, 0.2) is 53.5 Å². The van der Waals surface area contributed by atoms with Gasteiger partial charge in [-0.25, -0.2) is 12.8 Å². The van der Waals surface area contributed by atoms with Crippen molar-refractivity contribution in [3.8, 4) is 11.1 Å². The summed E-state index contributed by atoms with van der Waals surface area (Å²) in [6, 6.07) is 6.91. The second-order valence-electron chi connectivity index (χ2n) is 6.28. The van der Waals surface area contributed by atoms with Gasteiger partial charge in [-0.15, -0.1) is 0 Å². The summed E-state index contributed by atoms with van der Waals surface area (Å²) >= 11 is 6.18. The first-order chi connectivity index (χ1) is 12.7. The van der Waals surface area contributed by atoms with Crippen LogP contribution in [0.5, 0.6) is 0 Å². The number of rotatable bonds is 5. The van der Waals surface area contributed by atoms with E-state index in [2.05, 4.69) is 4.98 Å². The lowest BCUT2D eigenvalue weighted by Crippen LogP contribution is -2.03. The average Bonchev–Trinajstić information content (AvgIpc) is 2.86. The lowest BCUT2D eigenvalue weighted by Gasteiger charge is -2.08. The third kappa shape index (κ3) is 3.90. The zero-order valence-electron chi connectivity index (χ0n) is 14.9. The Kier molecular flexibility index (Phi) is 5.37. The summed E-state index contributed by atoms with van der Waals surface area (Å²) in [5.41, 5.74) is 8.36. The molecule has 1 aromatic carbocycles. The number of aromatic nitrogens is 2. The van der Waals surface area contributed by atoms with Gasteiger partial charge in [-0.3, -0.25) is 4.98 Å². The topological polar surface area (TPSA) is 78.0 Å². The molecule has 0 aliphatic heterocycles. The number of hydrogen-bond acceptors (Lipinski definition) is 4. The van der Waals surface area contributed by atoms with Gasteiger partial charge < -0.3 is 10.3 Å². The molecule has 0 saturated heterocycles. The van der Waals surface area contributed by atoms with Crippen LogP contribution in [0.1, 0.15) is 5.69 Å². The fourth-order valence-electron chi connectivity index (χ4n) is 3.12. The van der Waals surface area contributed by atoms with Crippen LogP contribution in [0.3, 0.4) is 0 Å². The van der Waals surface area contributed by atoms with E-state index >= 15 is 0 Å². The minimum Gasteiger partial charge on any atom is -0.337 e. The Balaban J connectivity index is 2.29. The van der Waals surface area contributed by atoms with Gasteiger partial charge in [-0.1, -0.05) is 11.6 Å². The Bertz CT molecular complexity index is 1150. The summed E-state index contributed by atoms with van der Waals surface area (Å²) < 4.78 is 39.8. The van der Waals surface area contributed by atoms with E-state index in [1.165, 1.54) is 12.3 Å². The predicted molar refractivity (Wildman–Crippen MR) is 106 cm³/mol. The van der Waals surface area contributed by atoms with E-state index in [1.54, 1.807) is 24.4 Å². The molecule has 2 N–H and O–H groups in total. The molecule has 0 aliphatic carbocycles. The maximum atomic E-state index is 14.2. The lowest BCUT2D eigenvalue weighted by molar-refractivity contribution is 0.555. The molecule has 0 radical (unpaired) electrons. The molecule has 0 fully saturated rings. The van der Waals surface area contributed by atoms with Crippen molar-refractivity contribution in [3.05, 3.63) is 59.3 Å². The quantitative estimate of drug-likeness (QED) is 0.696. The monoisotopic (exact) mass is 407 g/mol. The van der Waals surface area contributed by atoms with Crippen molar-refractivity contribution in [1.29, 1.82) is 0 Å². The number of nitrogens with two attached hydrogens (primary N) is 1. The van der Waals surface area contributed by atoms with Crippen LogP contribution >= 0.6 is 11.6 Å². The van der Waals surface area contributed by atoms with Gasteiger partial charge in [0.15, 0.2) is 9.84 Å². The molecule has 2 heterocycles. The van der Waals surface area contributed by atoms with Crippen LogP contribution in [-0.2, 0) is 16.4 Å². The average molecular weight is 408 g/mol. The lowest BCUT2D eigenvalue weighted by atomic mass is 10.0. The first-order valence-corrected chi connectivity index (χ1v) is 10.5. The molecule has 8 heteroatoms. The fraction of sp³-hybridized carbons (Fsp3) is 0.211. The highest BCUT2D eigenvalue weighted by Crippen LogP contribution is 2.37. The second kappa shape index (κ2) is 7.42. The zero-order valence-corrected chi connectivity index (χ0v) is 16.5. The first-order valence-electron chi connectivity index (χ1n) is 8.20. The smallest absolute Gasteiger partial charge is 0.177 e. The van der Waals surface area contributed by atoms with Gasteiger partial charge in [0.2, 0.25) is 0 Å². The van der Waals surface area contributed by atoms with Gasteiger partial charge in [0.05, 0.1) is 11.4 Å². The maximum Gasteiger partial charge on any atom is 0.177 e. The van der Waals surface area contributed by atoms with Crippen LogP contribution in [-0.4, -0.2) is 30.8 Å². The standard InChI is InChI=1S/C19H19ClFN3O2S/c1-12-19(13-7-16(10-23-9-13)27(2,25)26)17-8-14(20)3-4-18(17)24(12)11-15(21)5-6-22/h3-5,7-10H,6,11,22H2,1-2H3. The number of fused-ring (bicyclic) bond motifs is 1. The summed E-state index contributed by atoms with van der Waals surface area (Å²) in [5.74, 6) is -0.345. The Morgan fingerprint density at radius 2 is 2.07 bits per heavy atom. The number of nitrogens with zero attached hydrogens (tertiary/aromatic N) is 2. The van der Waals surface area contributed by atoms with Gasteiger partial charge in [0.25, 0.3) is 0 Å². The summed E-state index contributed by atoms with van der Waals surface area (Å²) in [4.78, 5) is 4.20. The van der Waals surface area contributed by atoms with E-state index in [9.17, 15) is 12.8 Å². The van der Waals surface area contributed by atoms with Crippen LogP contribution in [0, 0.1) is 6.92 Å². The van der Waals surface area contributed by atoms with E-state index < -0.39 is 9.84 Å². The van der Waals surface area contributed by atoms with E-state index in [0.29, 0.717) is 10.6 Å². The molecule has 0 saturated carbocycles. The number of benzene rings is 1. The van der Waals surface area contributed by atoms with Crippen LogP contribution < -0.4 is 5.73 Å². The van der Waals surface area contributed by atoms with Crippen molar-refractivity contribution in [2.24, 2.45) is 5.73 Å². The number of allylic oxidation sites excluding steroid dienone is 1. The molecule has 3 rings (SSSR count). The van der Waals surface area contributed by atoms with Crippen molar-refractivity contribution >= 4 is 32.3 Å². The molecule has 3 aromatic rings. The van der Waals surface area contributed by atoms with Crippen molar-refractivity contribution in [1.82, 2.24) is 9.55 Å². The molecule has 0 atom stereocenters. The molecule has 5 nitrogen and oxygen atoms in total. The largest absolute Gasteiger partial charge is 0.337 e. The van der Waals surface area contributed by atoms with E-state index in [1.807, 2.05) is 17.6 Å². The fourth-order valence-corrected chi connectivity index (χ4v) is 3.89. The second-order valence-corrected chi connectivity index (χ2v) is 8.73. The van der Waals surface area contributed by atoms with E-state index in [-0.39, 0.29) is 23.8 Å². The minimum absolute atomic E-state index is 0.0281. The van der Waals surface area contributed by atoms with E-state index in [4.69, 9.17) is 17.3 Å². The SMILES string of the molecule is Cc1c(-c2cncc(S(C)(=O)=O)c2)c2cc(Cl)ccc2n1CC(F)=CCN. The number of halogens is 2. The number of sulfone groups is 1. The Labute approximate surface area is 162 Å². The Hall–Kier alpha value is -2.22. The molecular formula is C19H19ClFN3O2S. The third-order valence-electron chi connectivity index (χ3n) is 4.36. The van der Waals surface area contributed by atoms with Crippen molar-refractivity contribution < 1.29 is 12.8 Å². The first kappa shape index (κ1) is 19.5. The predicted octanol–water partition coefficient (Wildman–Crippen LogP) is 3.88. The van der Waals surface area contributed by atoms with Gasteiger partial charge in [-0.05, 0) is 37.3 Å². The Morgan fingerprint density at radius 1 is 1.33 bits per heavy atom. The third-order valence-corrected chi connectivity index (χ3v) is 5.68. The summed E-state index contributed by atoms with van der Waals surface area (Å²) in [6.45, 7) is 2.00. The summed E-state index contributed by atoms with van der Waals surface area (Å²) in [6.07, 6.45) is 5.36. The van der Waals surface area contributed by atoms with Crippen molar-refractivity contribution in [3.63, 3.8) is 0 Å². The molecular weight excluding hydrogens is 389 g/mol. The summed E-state index contributed by atoms with van der Waals surface area (Å²) in [5, 5.41) is 1.33. The molecule has 27 heavy (non-hydrogen) atoms. The minimum atomic E-state index is -3.41. The molecule has 0 amide bonds. The molecule has 2 aromatic heterocycles. The maximum absolute atomic E-state index is 14.2. The van der Waals surface area contributed by atoms with Crippen LogP contribution in [0.25, 0.3) is 22.0 Å².